The summed E-state index contributed by atoms with van der Waals surface area (Å²) in [5, 5.41) is 7.04. The molecule has 3 aromatic heterocycles. The first-order valence-electron chi connectivity index (χ1n) is 14.3. The summed E-state index contributed by atoms with van der Waals surface area (Å²) in [4.78, 5) is 30.0. The van der Waals surface area contributed by atoms with Crippen LogP contribution in [0.3, 0.4) is 0 Å². The van der Waals surface area contributed by atoms with Gasteiger partial charge in [-0.05, 0) is 61.6 Å². The molecule has 0 bridgehead atoms. The number of aromatic amines is 1. The number of benzene rings is 2. The summed E-state index contributed by atoms with van der Waals surface area (Å²) < 4.78 is 23.1. The fraction of sp³-hybridized carbons (Fsp3) is 0.355. The molecule has 0 atom stereocenters. The van der Waals surface area contributed by atoms with E-state index in [0.717, 1.165) is 53.3 Å². The van der Waals surface area contributed by atoms with Crippen LogP contribution >= 0.6 is 0 Å². The molecule has 3 N–H and O–H groups in total. The summed E-state index contributed by atoms with van der Waals surface area (Å²) in [7, 11) is 1.57. The van der Waals surface area contributed by atoms with E-state index in [0.29, 0.717) is 66.0 Å². The van der Waals surface area contributed by atoms with Crippen molar-refractivity contribution in [3.05, 3.63) is 54.0 Å². The van der Waals surface area contributed by atoms with Gasteiger partial charge >= 0.3 is 0 Å². The highest BCUT2D eigenvalue weighted by Gasteiger charge is 2.24. The Hall–Kier alpha value is -4.64. The summed E-state index contributed by atoms with van der Waals surface area (Å²) in [6.07, 6.45) is 6.26. The van der Waals surface area contributed by atoms with Crippen LogP contribution in [0.2, 0.25) is 0 Å². The number of carbonyl (C=O) groups excluding carboxylic acids is 1. The summed E-state index contributed by atoms with van der Waals surface area (Å²) in [6.45, 7) is 3.79. The van der Waals surface area contributed by atoms with Gasteiger partial charge in [-0.25, -0.2) is 4.98 Å². The van der Waals surface area contributed by atoms with Gasteiger partial charge in [0.1, 0.15) is 23.0 Å². The van der Waals surface area contributed by atoms with Crippen molar-refractivity contribution < 1.29 is 23.4 Å². The van der Waals surface area contributed by atoms with Gasteiger partial charge < -0.3 is 34.2 Å². The number of hydrogen-bond donors (Lipinski definition) is 3. The number of carbonyl (C=O) groups is 1. The lowest BCUT2D eigenvalue weighted by Gasteiger charge is -2.25. The predicted molar refractivity (Wildman–Crippen MR) is 157 cm³/mol. The first kappa shape index (κ1) is 26.3. The van der Waals surface area contributed by atoms with Gasteiger partial charge in [0.15, 0.2) is 11.5 Å². The molecule has 2 fully saturated rings. The maximum Gasteiger partial charge on any atom is 0.251 e. The number of nitrogens with zero attached hydrogens (tertiary/aromatic N) is 3. The third kappa shape index (κ3) is 5.11. The van der Waals surface area contributed by atoms with Crippen molar-refractivity contribution in [2.45, 2.75) is 38.7 Å². The number of ether oxygens (including phenoxy) is 3. The molecule has 4 heterocycles. The van der Waals surface area contributed by atoms with Crippen molar-refractivity contribution in [3.63, 3.8) is 0 Å². The number of methoxy groups -OCH3 is 1. The van der Waals surface area contributed by atoms with Crippen LogP contribution < -0.4 is 20.1 Å². The number of amides is 1. The standard InChI is InChI=1S/C31H32N6O5/c1-17-34-24-9-7-19(11-26(24)41-17)22-14-32-28-27(22)30(42-21-5-3-4-6-21)37-31(36-28)35-23-10-8-20(12-25(23)39-2)29(38)33-13-18-15-40-16-18/h7-12,14,18,21H,3-6,13,15-16H2,1-2H3,(H,33,38)(H2,32,35,36,37). The third-order valence-electron chi connectivity index (χ3n) is 7.85. The number of anilines is 2. The summed E-state index contributed by atoms with van der Waals surface area (Å²) in [6, 6.07) is 11.2. The largest absolute Gasteiger partial charge is 0.495 e. The Morgan fingerprint density at radius 3 is 2.74 bits per heavy atom. The molecule has 0 unspecified atom stereocenters. The molecule has 216 valence electrons. The molecule has 0 radical (unpaired) electrons. The zero-order valence-electron chi connectivity index (χ0n) is 23.5. The Labute approximate surface area is 242 Å². The van der Waals surface area contributed by atoms with Crippen molar-refractivity contribution in [3.8, 4) is 22.8 Å². The van der Waals surface area contributed by atoms with Crippen LogP contribution in [0, 0.1) is 12.8 Å². The summed E-state index contributed by atoms with van der Waals surface area (Å²) >= 11 is 0. The van der Waals surface area contributed by atoms with E-state index < -0.39 is 0 Å². The van der Waals surface area contributed by atoms with Crippen molar-refractivity contribution in [1.82, 2.24) is 25.3 Å². The van der Waals surface area contributed by atoms with Crippen LogP contribution in [0.4, 0.5) is 11.6 Å². The fourth-order valence-electron chi connectivity index (χ4n) is 5.54. The van der Waals surface area contributed by atoms with Gasteiger partial charge in [0, 0.05) is 36.7 Å². The Bertz CT molecular complexity index is 1770. The molecular formula is C31H32N6O5. The smallest absolute Gasteiger partial charge is 0.251 e. The molecular weight excluding hydrogens is 536 g/mol. The van der Waals surface area contributed by atoms with Gasteiger partial charge in [-0.15, -0.1) is 0 Å². The van der Waals surface area contributed by atoms with Crippen molar-refractivity contribution in [2.24, 2.45) is 5.92 Å². The fourth-order valence-corrected chi connectivity index (χ4v) is 5.54. The average molecular weight is 569 g/mol. The Morgan fingerprint density at radius 2 is 1.95 bits per heavy atom. The lowest BCUT2D eigenvalue weighted by atomic mass is 10.1. The van der Waals surface area contributed by atoms with E-state index >= 15 is 0 Å². The number of aromatic nitrogens is 4. The minimum atomic E-state index is -0.158. The first-order valence-corrected chi connectivity index (χ1v) is 14.3. The van der Waals surface area contributed by atoms with Crippen LogP contribution in [0.15, 0.2) is 47.0 Å². The van der Waals surface area contributed by atoms with Gasteiger partial charge in [0.2, 0.25) is 11.8 Å². The van der Waals surface area contributed by atoms with Crippen LogP contribution in [0.1, 0.15) is 41.9 Å². The molecule has 1 amide bonds. The molecule has 42 heavy (non-hydrogen) atoms. The number of H-pyrrole nitrogens is 1. The van der Waals surface area contributed by atoms with E-state index in [4.69, 9.17) is 28.6 Å². The molecule has 0 spiro atoms. The normalized spacial score (nSPS) is 15.7. The molecule has 1 saturated carbocycles. The van der Waals surface area contributed by atoms with Crippen molar-refractivity contribution >= 4 is 39.7 Å². The van der Waals surface area contributed by atoms with Crippen LogP contribution in [-0.2, 0) is 4.74 Å². The first-order chi connectivity index (χ1) is 20.5. The van der Waals surface area contributed by atoms with Crippen LogP contribution in [-0.4, -0.2) is 58.8 Å². The third-order valence-corrected chi connectivity index (χ3v) is 7.85. The SMILES string of the molecule is COc1cc(C(=O)NCC2COC2)ccc1Nc1nc(OC2CCCC2)c2c(-c3ccc4nc(C)oc4c3)c[nH]c2n1. The molecule has 1 saturated heterocycles. The van der Waals surface area contributed by atoms with Gasteiger partial charge in [-0.3, -0.25) is 4.79 Å². The second-order valence-electron chi connectivity index (χ2n) is 10.9. The molecule has 1 aliphatic heterocycles. The Morgan fingerprint density at radius 1 is 1.10 bits per heavy atom. The number of rotatable bonds is 9. The zero-order chi connectivity index (χ0) is 28.6. The summed E-state index contributed by atoms with van der Waals surface area (Å²) in [5.41, 5.74) is 5.18. The molecule has 2 aromatic carbocycles. The van der Waals surface area contributed by atoms with E-state index in [1.54, 1.807) is 25.3 Å². The van der Waals surface area contributed by atoms with E-state index in [1.807, 2.05) is 31.3 Å². The minimum Gasteiger partial charge on any atom is -0.495 e. The molecule has 11 heteroatoms. The number of aryl methyl sites for hydroxylation is 1. The van der Waals surface area contributed by atoms with Crippen molar-refractivity contribution in [1.29, 1.82) is 0 Å². The Kier molecular flexibility index (Phi) is 6.87. The minimum absolute atomic E-state index is 0.0944. The molecule has 5 aromatic rings. The van der Waals surface area contributed by atoms with Gasteiger partial charge in [-0.2, -0.15) is 9.97 Å². The molecule has 2 aliphatic rings. The monoisotopic (exact) mass is 568 g/mol. The maximum absolute atomic E-state index is 12.7. The van der Waals surface area contributed by atoms with Crippen molar-refractivity contribution in [2.75, 3.05) is 32.2 Å². The highest BCUT2D eigenvalue weighted by Crippen LogP contribution is 2.38. The molecule has 1 aliphatic carbocycles. The van der Waals surface area contributed by atoms with Gasteiger partial charge in [-0.1, -0.05) is 6.07 Å². The number of nitrogens with one attached hydrogen (secondary N) is 3. The van der Waals surface area contributed by atoms with Gasteiger partial charge in [0.05, 0.1) is 31.4 Å². The summed E-state index contributed by atoms with van der Waals surface area (Å²) in [5.74, 6) is 2.19. The van der Waals surface area contributed by atoms with E-state index in [2.05, 4.69) is 20.6 Å². The Balaban J connectivity index is 1.21. The average Bonchev–Trinajstić information content (AvgIpc) is 3.71. The van der Waals surface area contributed by atoms with Gasteiger partial charge in [0.25, 0.3) is 5.91 Å². The van der Waals surface area contributed by atoms with E-state index in [9.17, 15) is 4.79 Å². The quantitative estimate of drug-likeness (QED) is 0.210. The molecule has 11 nitrogen and oxygen atoms in total. The second kappa shape index (κ2) is 11.0. The number of hydrogen-bond acceptors (Lipinski definition) is 9. The number of fused-ring (bicyclic) bond motifs is 2. The lowest BCUT2D eigenvalue weighted by molar-refractivity contribution is -0.0298. The molecule has 7 rings (SSSR count). The maximum atomic E-state index is 12.7. The zero-order valence-corrected chi connectivity index (χ0v) is 23.5. The van der Waals surface area contributed by atoms with Crippen LogP contribution in [0.25, 0.3) is 33.3 Å². The second-order valence-corrected chi connectivity index (χ2v) is 10.9. The highest BCUT2D eigenvalue weighted by atomic mass is 16.5. The lowest BCUT2D eigenvalue weighted by Crippen LogP contribution is -2.39. The van der Waals surface area contributed by atoms with E-state index in [-0.39, 0.29) is 12.0 Å². The van der Waals surface area contributed by atoms with Crippen LogP contribution in [0.5, 0.6) is 11.6 Å². The van der Waals surface area contributed by atoms with E-state index in [1.165, 1.54) is 0 Å². The topological polar surface area (TPSA) is 136 Å². The highest BCUT2D eigenvalue weighted by molar-refractivity contribution is 5.99. The predicted octanol–water partition coefficient (Wildman–Crippen LogP) is 5.52. The number of oxazole rings is 1.